The Kier molecular flexibility index (Phi) is 6.09. The highest BCUT2D eigenvalue weighted by Gasteiger charge is 2.38. The highest BCUT2D eigenvalue weighted by atomic mass is 16.5. The van der Waals surface area contributed by atoms with Crippen molar-refractivity contribution in [1.82, 2.24) is 4.90 Å². The van der Waals surface area contributed by atoms with E-state index in [0.29, 0.717) is 6.54 Å². The van der Waals surface area contributed by atoms with Crippen molar-refractivity contribution in [2.75, 3.05) is 25.1 Å². The Morgan fingerprint density at radius 2 is 1.71 bits per heavy atom. The van der Waals surface area contributed by atoms with Crippen molar-refractivity contribution in [2.45, 2.75) is 19.4 Å². The number of para-hydroxylation sites is 1. The van der Waals surface area contributed by atoms with E-state index in [9.17, 15) is 14.4 Å². The zero-order valence-electron chi connectivity index (χ0n) is 16.1. The average molecular weight is 380 g/mol. The van der Waals surface area contributed by atoms with Gasteiger partial charge in [-0.05, 0) is 24.6 Å². The van der Waals surface area contributed by atoms with E-state index in [0.717, 1.165) is 11.3 Å². The lowest BCUT2D eigenvalue weighted by molar-refractivity contribution is -0.151. The minimum Gasteiger partial charge on any atom is -0.455 e. The Hall–Kier alpha value is -3.15. The molecule has 146 valence electrons. The second-order valence-corrected chi connectivity index (χ2v) is 6.93. The molecule has 0 saturated carbocycles. The normalized spacial score (nSPS) is 17.3. The van der Waals surface area contributed by atoms with E-state index in [1.807, 2.05) is 55.5 Å². The number of ether oxygens (including phenoxy) is 1. The lowest BCUT2D eigenvalue weighted by Crippen LogP contribution is -2.33. The molecule has 0 aromatic heterocycles. The van der Waals surface area contributed by atoms with E-state index < -0.39 is 11.9 Å². The first-order valence-electron chi connectivity index (χ1n) is 9.30. The minimum atomic E-state index is -0.548. The molecule has 0 aliphatic carbocycles. The van der Waals surface area contributed by atoms with Crippen LogP contribution < -0.4 is 4.90 Å². The fourth-order valence-corrected chi connectivity index (χ4v) is 3.32. The van der Waals surface area contributed by atoms with Crippen LogP contribution in [0.15, 0.2) is 60.7 Å². The molecule has 2 amide bonds. The zero-order valence-corrected chi connectivity index (χ0v) is 16.1. The van der Waals surface area contributed by atoms with Gasteiger partial charge in [0.2, 0.25) is 5.91 Å². The van der Waals surface area contributed by atoms with Crippen molar-refractivity contribution < 1.29 is 19.1 Å². The third-order valence-corrected chi connectivity index (χ3v) is 5.10. The first-order valence-corrected chi connectivity index (χ1v) is 9.30. The monoisotopic (exact) mass is 380 g/mol. The smallest absolute Gasteiger partial charge is 0.311 e. The van der Waals surface area contributed by atoms with Crippen LogP contribution in [-0.2, 0) is 19.1 Å². The third kappa shape index (κ3) is 4.39. The molecule has 3 rings (SSSR count). The van der Waals surface area contributed by atoms with Gasteiger partial charge in [0.25, 0.3) is 5.91 Å². The second kappa shape index (κ2) is 8.69. The molecule has 2 atom stereocenters. The molecule has 1 aliphatic rings. The number of hydrogen-bond donors (Lipinski definition) is 0. The Bertz CT molecular complexity index is 838. The van der Waals surface area contributed by atoms with E-state index in [1.165, 1.54) is 4.90 Å². The van der Waals surface area contributed by atoms with Gasteiger partial charge in [0, 0.05) is 25.7 Å². The second-order valence-electron chi connectivity index (χ2n) is 6.93. The zero-order chi connectivity index (χ0) is 20.1. The number of hydrogen-bond acceptors (Lipinski definition) is 4. The number of carbonyl (C=O) groups excluding carboxylic acids is 3. The Balaban J connectivity index is 1.54. The molecular weight excluding hydrogens is 356 g/mol. The van der Waals surface area contributed by atoms with Crippen LogP contribution in [0, 0.1) is 5.92 Å². The summed E-state index contributed by atoms with van der Waals surface area (Å²) in [7, 11) is 1.63. The highest BCUT2D eigenvalue weighted by Crippen LogP contribution is 2.29. The van der Waals surface area contributed by atoms with Gasteiger partial charge in [0.05, 0.1) is 12.0 Å². The summed E-state index contributed by atoms with van der Waals surface area (Å²) in [5.74, 6) is -1.45. The molecule has 0 radical (unpaired) electrons. The summed E-state index contributed by atoms with van der Waals surface area (Å²) in [6.07, 6.45) is 0.110. The van der Waals surface area contributed by atoms with Crippen molar-refractivity contribution in [2.24, 2.45) is 5.92 Å². The van der Waals surface area contributed by atoms with Gasteiger partial charge in [0.1, 0.15) is 0 Å². The number of esters is 1. The number of anilines is 1. The average Bonchev–Trinajstić information content (AvgIpc) is 3.13. The molecule has 1 saturated heterocycles. The molecule has 6 nitrogen and oxygen atoms in total. The van der Waals surface area contributed by atoms with Crippen LogP contribution in [0.5, 0.6) is 0 Å². The van der Waals surface area contributed by atoms with Gasteiger partial charge in [-0.3, -0.25) is 14.4 Å². The van der Waals surface area contributed by atoms with Crippen LogP contribution in [0.25, 0.3) is 0 Å². The topological polar surface area (TPSA) is 66.9 Å². The van der Waals surface area contributed by atoms with Crippen LogP contribution in [0.3, 0.4) is 0 Å². The van der Waals surface area contributed by atoms with E-state index in [2.05, 4.69) is 0 Å². The van der Waals surface area contributed by atoms with E-state index >= 15 is 0 Å². The number of amides is 2. The van der Waals surface area contributed by atoms with Gasteiger partial charge < -0.3 is 14.5 Å². The van der Waals surface area contributed by atoms with Crippen molar-refractivity contribution in [1.29, 1.82) is 0 Å². The van der Waals surface area contributed by atoms with Crippen LogP contribution >= 0.6 is 0 Å². The van der Waals surface area contributed by atoms with Gasteiger partial charge >= 0.3 is 5.97 Å². The molecule has 6 heteroatoms. The summed E-state index contributed by atoms with van der Waals surface area (Å²) in [5, 5.41) is 0. The van der Waals surface area contributed by atoms with Gasteiger partial charge in [0.15, 0.2) is 6.61 Å². The van der Waals surface area contributed by atoms with Crippen LogP contribution in [0.4, 0.5) is 5.69 Å². The Labute approximate surface area is 164 Å². The van der Waals surface area contributed by atoms with Crippen molar-refractivity contribution in [3.63, 3.8) is 0 Å². The fraction of sp³-hybridized carbons (Fsp3) is 0.318. The van der Waals surface area contributed by atoms with Crippen molar-refractivity contribution in [3.05, 3.63) is 66.2 Å². The highest BCUT2D eigenvalue weighted by molar-refractivity contribution is 5.95. The maximum atomic E-state index is 12.4. The molecule has 0 spiro atoms. The maximum absolute atomic E-state index is 12.4. The van der Waals surface area contributed by atoms with Gasteiger partial charge in [-0.25, -0.2) is 0 Å². The van der Waals surface area contributed by atoms with Gasteiger partial charge in [-0.2, -0.15) is 0 Å². The number of benzene rings is 2. The summed E-state index contributed by atoms with van der Waals surface area (Å²) < 4.78 is 5.20. The number of likely N-dealkylation sites (N-methyl/N-ethyl adjacent to an activating group) is 1. The minimum absolute atomic E-state index is 0.0777. The summed E-state index contributed by atoms with van der Waals surface area (Å²) >= 11 is 0. The summed E-state index contributed by atoms with van der Waals surface area (Å²) in [6.45, 7) is 1.90. The SMILES string of the molecule is C[C@H](c1ccccc1)N1C[C@@H](C(=O)OCC(=O)N(C)c2ccccc2)CC1=O. The van der Waals surface area contributed by atoms with Crippen LogP contribution in [0.2, 0.25) is 0 Å². The molecule has 0 bridgehead atoms. The summed E-state index contributed by atoms with van der Waals surface area (Å²) in [4.78, 5) is 40.2. The molecule has 0 N–H and O–H groups in total. The first kappa shape index (κ1) is 19.6. The van der Waals surface area contributed by atoms with Crippen LogP contribution in [-0.4, -0.2) is 42.9 Å². The predicted molar refractivity (Wildman–Crippen MR) is 105 cm³/mol. The maximum Gasteiger partial charge on any atom is 0.311 e. The predicted octanol–water partition coefficient (Wildman–Crippen LogP) is 2.80. The molecule has 2 aromatic carbocycles. The Morgan fingerprint density at radius 3 is 2.36 bits per heavy atom. The third-order valence-electron chi connectivity index (χ3n) is 5.10. The fourth-order valence-electron chi connectivity index (χ4n) is 3.32. The van der Waals surface area contributed by atoms with Gasteiger partial charge in [-0.15, -0.1) is 0 Å². The molecular formula is C22H24N2O4. The number of rotatable bonds is 6. The molecule has 1 heterocycles. The van der Waals surface area contributed by atoms with Gasteiger partial charge in [-0.1, -0.05) is 48.5 Å². The first-order chi connectivity index (χ1) is 13.5. The summed E-state index contributed by atoms with van der Waals surface area (Å²) in [5.41, 5.74) is 1.74. The standard InChI is InChI=1S/C22H24N2O4/c1-16(17-9-5-3-6-10-17)24-14-18(13-20(24)25)22(27)28-15-21(26)23(2)19-11-7-4-8-12-19/h3-12,16,18H,13-15H2,1-2H3/t16-,18+/m1/s1. The molecule has 0 unspecified atom stereocenters. The van der Waals surface area contributed by atoms with Crippen molar-refractivity contribution in [3.8, 4) is 0 Å². The molecule has 28 heavy (non-hydrogen) atoms. The van der Waals surface area contributed by atoms with Crippen molar-refractivity contribution >= 4 is 23.5 Å². The Morgan fingerprint density at radius 1 is 1.11 bits per heavy atom. The quantitative estimate of drug-likeness (QED) is 0.723. The number of carbonyl (C=O) groups is 3. The molecule has 1 aliphatic heterocycles. The number of nitrogens with zero attached hydrogens (tertiary/aromatic N) is 2. The molecule has 2 aromatic rings. The molecule has 1 fully saturated rings. The lowest BCUT2D eigenvalue weighted by atomic mass is 10.1. The lowest BCUT2D eigenvalue weighted by Gasteiger charge is -2.25. The number of likely N-dealkylation sites (tertiary alicyclic amines) is 1. The summed E-state index contributed by atoms with van der Waals surface area (Å²) in [6, 6.07) is 18.7. The van der Waals surface area contributed by atoms with E-state index in [4.69, 9.17) is 4.74 Å². The largest absolute Gasteiger partial charge is 0.455 e. The van der Waals surface area contributed by atoms with E-state index in [-0.39, 0.29) is 30.9 Å². The van der Waals surface area contributed by atoms with Crippen LogP contribution in [0.1, 0.15) is 24.9 Å². The van der Waals surface area contributed by atoms with E-state index in [1.54, 1.807) is 24.1 Å².